The summed E-state index contributed by atoms with van der Waals surface area (Å²) in [6.45, 7) is 8.97. The summed E-state index contributed by atoms with van der Waals surface area (Å²) >= 11 is 0. The van der Waals surface area contributed by atoms with Crippen molar-refractivity contribution in [3.8, 4) is 11.1 Å². The van der Waals surface area contributed by atoms with Gasteiger partial charge in [-0.05, 0) is 42.9 Å². The summed E-state index contributed by atoms with van der Waals surface area (Å²) in [5, 5.41) is 9.69. The summed E-state index contributed by atoms with van der Waals surface area (Å²) in [6, 6.07) is 28.5. The number of hydrogen-bond acceptors (Lipinski definition) is 7. The Bertz CT molecular complexity index is 1140. The van der Waals surface area contributed by atoms with Crippen LogP contribution in [-0.2, 0) is 40.0 Å². The SMILES string of the molecule is CC(C)CCNC(=O)CCC(=O)OCc1ccccc1.COC(C)OC=O.Cc1ccc(-c2ccccc2)cc1.O=CO. The van der Waals surface area contributed by atoms with Crippen molar-refractivity contribution in [2.24, 2.45) is 5.92 Å². The Hall–Kier alpha value is -4.50. The maximum Gasteiger partial charge on any atom is 0.306 e. The number of carbonyl (C=O) groups is 4. The molecule has 1 unspecified atom stereocenters. The van der Waals surface area contributed by atoms with Crippen molar-refractivity contribution in [2.75, 3.05) is 13.7 Å². The second-order valence-corrected chi connectivity index (χ2v) is 9.55. The zero-order chi connectivity index (χ0) is 32.3. The van der Waals surface area contributed by atoms with Gasteiger partial charge in [-0.3, -0.25) is 19.2 Å². The summed E-state index contributed by atoms with van der Waals surface area (Å²) in [4.78, 5) is 40.8. The summed E-state index contributed by atoms with van der Waals surface area (Å²) in [6.07, 6.45) is 0.841. The molecule has 9 nitrogen and oxygen atoms in total. The highest BCUT2D eigenvalue weighted by Crippen LogP contribution is 2.18. The van der Waals surface area contributed by atoms with Crippen LogP contribution >= 0.6 is 0 Å². The van der Waals surface area contributed by atoms with Crippen LogP contribution in [0.3, 0.4) is 0 Å². The van der Waals surface area contributed by atoms with E-state index in [9.17, 15) is 14.4 Å². The van der Waals surface area contributed by atoms with Crippen LogP contribution in [0.15, 0.2) is 84.9 Å². The normalized spacial score (nSPS) is 10.2. The van der Waals surface area contributed by atoms with E-state index in [0.29, 0.717) is 18.9 Å². The molecule has 3 aromatic rings. The van der Waals surface area contributed by atoms with Gasteiger partial charge in [0.15, 0.2) is 6.29 Å². The summed E-state index contributed by atoms with van der Waals surface area (Å²) in [5.74, 6) is 0.126. The molecule has 0 aliphatic heterocycles. The van der Waals surface area contributed by atoms with Crippen LogP contribution in [-0.4, -0.2) is 49.9 Å². The zero-order valence-corrected chi connectivity index (χ0v) is 25.7. The minimum atomic E-state index is -0.419. The van der Waals surface area contributed by atoms with Crippen LogP contribution in [0.2, 0.25) is 0 Å². The molecule has 0 heterocycles. The first-order valence-corrected chi connectivity index (χ1v) is 13.9. The molecule has 0 spiro atoms. The third-order valence-electron chi connectivity index (χ3n) is 5.58. The lowest BCUT2D eigenvalue weighted by atomic mass is 10.0. The highest BCUT2D eigenvalue weighted by Gasteiger charge is 2.08. The third-order valence-corrected chi connectivity index (χ3v) is 5.58. The maximum atomic E-state index is 11.5. The van der Waals surface area contributed by atoms with Gasteiger partial charge in [0.25, 0.3) is 12.9 Å². The van der Waals surface area contributed by atoms with Gasteiger partial charge in [0.05, 0.1) is 6.42 Å². The van der Waals surface area contributed by atoms with E-state index in [1.807, 2.05) is 36.4 Å². The lowest BCUT2D eigenvalue weighted by Crippen LogP contribution is -2.25. The molecule has 9 heteroatoms. The van der Waals surface area contributed by atoms with Crippen molar-refractivity contribution in [3.05, 3.63) is 96.1 Å². The van der Waals surface area contributed by atoms with E-state index in [-0.39, 0.29) is 37.8 Å². The quantitative estimate of drug-likeness (QED) is 0.144. The Morgan fingerprint density at radius 3 is 1.86 bits per heavy atom. The molecule has 3 aromatic carbocycles. The monoisotopic (exact) mass is 595 g/mol. The van der Waals surface area contributed by atoms with Gasteiger partial charge in [-0.2, -0.15) is 0 Å². The molecule has 0 aliphatic carbocycles. The van der Waals surface area contributed by atoms with Crippen molar-refractivity contribution < 1.29 is 38.5 Å². The van der Waals surface area contributed by atoms with Crippen molar-refractivity contribution in [3.63, 3.8) is 0 Å². The van der Waals surface area contributed by atoms with Crippen molar-refractivity contribution in [1.29, 1.82) is 0 Å². The van der Waals surface area contributed by atoms with Crippen LogP contribution in [0.1, 0.15) is 51.2 Å². The number of ether oxygens (including phenoxy) is 3. The number of carboxylic acid groups (broad SMARTS) is 1. The van der Waals surface area contributed by atoms with E-state index in [2.05, 4.69) is 84.1 Å². The molecule has 0 aliphatic rings. The maximum absolute atomic E-state index is 11.5. The van der Waals surface area contributed by atoms with Crippen LogP contribution in [0.25, 0.3) is 11.1 Å². The largest absolute Gasteiger partial charge is 0.483 e. The van der Waals surface area contributed by atoms with E-state index in [4.69, 9.17) is 14.6 Å². The molecule has 0 bridgehead atoms. The molecular weight excluding hydrogens is 550 g/mol. The molecular formula is C34H45NO8. The second kappa shape index (κ2) is 25.2. The standard InChI is InChI=1S/C16H23NO3.C13H12.C4H8O3.CH2O2/c1-13(2)10-11-17-15(18)8-9-16(19)20-12-14-6-4-3-5-7-14;1-11-7-9-13(10-8-11)12-5-3-2-4-6-12;1-4(6-2)7-3-5;2-1-3/h3-7,13H,8-12H2,1-2H3,(H,17,18);2-10H,1H3;3-4H,1-2H3;1H,(H,2,3). The summed E-state index contributed by atoms with van der Waals surface area (Å²) in [5.41, 5.74) is 4.82. The van der Waals surface area contributed by atoms with Crippen LogP contribution < -0.4 is 5.32 Å². The predicted octanol–water partition coefficient (Wildman–Crippen LogP) is 6.19. The lowest BCUT2D eigenvalue weighted by molar-refractivity contribution is -0.154. The number of rotatable bonds is 12. The van der Waals surface area contributed by atoms with E-state index < -0.39 is 6.29 Å². The molecule has 0 saturated carbocycles. The number of nitrogens with one attached hydrogen (secondary N) is 1. The van der Waals surface area contributed by atoms with E-state index in [1.165, 1.54) is 23.8 Å². The first-order valence-electron chi connectivity index (χ1n) is 13.9. The molecule has 234 valence electrons. The second-order valence-electron chi connectivity index (χ2n) is 9.55. The molecule has 0 radical (unpaired) electrons. The fourth-order valence-corrected chi connectivity index (χ4v) is 3.12. The number of carbonyl (C=O) groups excluding carboxylic acids is 3. The number of benzene rings is 3. The van der Waals surface area contributed by atoms with Gasteiger partial charge in [-0.1, -0.05) is 104 Å². The molecule has 43 heavy (non-hydrogen) atoms. The first kappa shape index (κ1) is 38.5. The van der Waals surface area contributed by atoms with Gasteiger partial charge >= 0.3 is 5.97 Å². The van der Waals surface area contributed by atoms with Gasteiger partial charge in [0.2, 0.25) is 5.91 Å². The summed E-state index contributed by atoms with van der Waals surface area (Å²) in [7, 11) is 1.47. The molecule has 0 saturated heterocycles. The Morgan fingerprint density at radius 1 is 0.837 bits per heavy atom. The van der Waals surface area contributed by atoms with Crippen LogP contribution in [0.5, 0.6) is 0 Å². The Labute approximate surface area is 255 Å². The Kier molecular flexibility index (Phi) is 22.6. The highest BCUT2D eigenvalue weighted by atomic mass is 16.7. The predicted molar refractivity (Wildman–Crippen MR) is 167 cm³/mol. The molecule has 1 amide bonds. The zero-order valence-electron chi connectivity index (χ0n) is 25.7. The van der Waals surface area contributed by atoms with Crippen molar-refractivity contribution in [2.45, 2.75) is 59.9 Å². The van der Waals surface area contributed by atoms with Crippen LogP contribution in [0.4, 0.5) is 0 Å². The van der Waals surface area contributed by atoms with E-state index in [1.54, 1.807) is 6.92 Å². The fraction of sp³-hybridized carbons (Fsp3) is 0.353. The summed E-state index contributed by atoms with van der Waals surface area (Å²) < 4.78 is 13.9. The Balaban J connectivity index is 0.000000652. The number of methoxy groups -OCH3 is 1. The number of aryl methyl sites for hydroxylation is 1. The van der Waals surface area contributed by atoms with E-state index in [0.717, 1.165) is 12.0 Å². The average Bonchev–Trinajstić information content (AvgIpc) is 3.01. The van der Waals surface area contributed by atoms with Gasteiger partial charge in [-0.25, -0.2) is 0 Å². The smallest absolute Gasteiger partial charge is 0.306 e. The molecule has 0 aromatic heterocycles. The molecule has 2 N–H and O–H groups in total. The first-order chi connectivity index (χ1) is 20.7. The molecule has 3 rings (SSSR count). The third kappa shape index (κ3) is 21.9. The topological polar surface area (TPSA) is 128 Å². The number of esters is 1. The van der Waals surface area contributed by atoms with Gasteiger partial charge in [0.1, 0.15) is 6.61 Å². The number of amides is 1. The molecule has 0 fully saturated rings. The highest BCUT2D eigenvalue weighted by molar-refractivity contribution is 5.81. The van der Waals surface area contributed by atoms with Gasteiger partial charge in [0, 0.05) is 20.1 Å². The van der Waals surface area contributed by atoms with Crippen molar-refractivity contribution >= 4 is 24.8 Å². The number of hydrogen-bond donors (Lipinski definition) is 2. The Morgan fingerprint density at radius 2 is 1.37 bits per heavy atom. The molecule has 1 atom stereocenters. The minimum Gasteiger partial charge on any atom is -0.483 e. The van der Waals surface area contributed by atoms with Gasteiger partial charge in [-0.15, -0.1) is 0 Å². The minimum absolute atomic E-state index is 0.0951. The average molecular weight is 596 g/mol. The van der Waals surface area contributed by atoms with E-state index >= 15 is 0 Å². The fourth-order valence-electron chi connectivity index (χ4n) is 3.12. The lowest BCUT2D eigenvalue weighted by Gasteiger charge is -2.07. The van der Waals surface area contributed by atoms with Crippen LogP contribution in [0, 0.1) is 12.8 Å². The van der Waals surface area contributed by atoms with Gasteiger partial charge < -0.3 is 24.6 Å². The van der Waals surface area contributed by atoms with Crippen molar-refractivity contribution in [1.82, 2.24) is 5.32 Å².